The number of hydrogen-bond acceptors (Lipinski definition) is 3. The number of halogens is 1. The van der Waals surface area contributed by atoms with Gasteiger partial charge >= 0.3 is 0 Å². The second kappa shape index (κ2) is 7.11. The number of piperazine rings is 1. The summed E-state index contributed by atoms with van der Waals surface area (Å²) >= 11 is 5.89. The third kappa shape index (κ3) is 3.89. The average molecular weight is 330 g/mol. The van der Waals surface area contributed by atoms with E-state index in [9.17, 15) is 4.79 Å². The van der Waals surface area contributed by atoms with Gasteiger partial charge in [-0.05, 0) is 24.6 Å². The van der Waals surface area contributed by atoms with Crippen LogP contribution in [0.15, 0.2) is 48.7 Å². The lowest BCUT2D eigenvalue weighted by Crippen LogP contribution is -2.53. The van der Waals surface area contributed by atoms with Gasteiger partial charge in [-0.25, -0.2) is 4.98 Å². The van der Waals surface area contributed by atoms with E-state index in [2.05, 4.69) is 41.1 Å². The van der Waals surface area contributed by atoms with Crippen molar-refractivity contribution in [3.8, 4) is 0 Å². The van der Waals surface area contributed by atoms with Crippen LogP contribution in [0.2, 0.25) is 5.15 Å². The van der Waals surface area contributed by atoms with Crippen molar-refractivity contribution >= 4 is 17.5 Å². The number of aromatic nitrogens is 1. The molecular formula is C18H20ClN3O. The zero-order valence-electron chi connectivity index (χ0n) is 13.2. The van der Waals surface area contributed by atoms with E-state index in [-0.39, 0.29) is 11.9 Å². The highest BCUT2D eigenvalue weighted by atomic mass is 35.5. The minimum absolute atomic E-state index is 0.0289. The lowest BCUT2D eigenvalue weighted by atomic mass is 10.1. The van der Waals surface area contributed by atoms with Crippen LogP contribution >= 0.6 is 11.6 Å². The maximum absolute atomic E-state index is 12.6. The molecule has 1 amide bonds. The molecule has 2 aromatic rings. The lowest BCUT2D eigenvalue weighted by molar-refractivity contribution is 0.0475. The maximum Gasteiger partial charge on any atom is 0.254 e. The molecule has 1 aromatic carbocycles. The van der Waals surface area contributed by atoms with Gasteiger partial charge in [0.2, 0.25) is 0 Å². The predicted octanol–water partition coefficient (Wildman–Crippen LogP) is 3.08. The van der Waals surface area contributed by atoms with E-state index >= 15 is 0 Å². The zero-order valence-corrected chi connectivity index (χ0v) is 13.9. The summed E-state index contributed by atoms with van der Waals surface area (Å²) in [6, 6.07) is 14.0. The Balaban J connectivity index is 1.63. The number of pyridine rings is 1. The smallest absolute Gasteiger partial charge is 0.254 e. The number of amides is 1. The molecule has 0 spiro atoms. The number of benzene rings is 1. The highest BCUT2D eigenvalue weighted by Gasteiger charge is 2.28. The highest BCUT2D eigenvalue weighted by molar-refractivity contribution is 6.29. The first-order valence-corrected chi connectivity index (χ1v) is 8.20. The second-order valence-electron chi connectivity index (χ2n) is 5.94. The Morgan fingerprint density at radius 1 is 1.26 bits per heavy atom. The number of nitrogens with zero attached hydrogens (tertiary/aromatic N) is 3. The van der Waals surface area contributed by atoms with Crippen LogP contribution in [-0.2, 0) is 6.54 Å². The third-order valence-corrected chi connectivity index (χ3v) is 4.40. The summed E-state index contributed by atoms with van der Waals surface area (Å²) < 4.78 is 0. The maximum atomic E-state index is 12.6. The molecule has 1 aromatic heterocycles. The molecule has 0 radical (unpaired) electrons. The van der Waals surface area contributed by atoms with E-state index in [1.54, 1.807) is 18.3 Å². The average Bonchev–Trinajstić information content (AvgIpc) is 2.55. The number of rotatable bonds is 3. The van der Waals surface area contributed by atoms with Crippen LogP contribution < -0.4 is 0 Å². The fourth-order valence-electron chi connectivity index (χ4n) is 3.02. The summed E-state index contributed by atoms with van der Waals surface area (Å²) in [6.07, 6.45) is 1.58. The SMILES string of the molecule is CC1CN(Cc2ccccc2)CCN1C(=O)c1ccnc(Cl)c1. The largest absolute Gasteiger partial charge is 0.333 e. The van der Waals surface area contributed by atoms with Crippen LogP contribution in [0.5, 0.6) is 0 Å². The quantitative estimate of drug-likeness (QED) is 0.812. The Morgan fingerprint density at radius 2 is 2.04 bits per heavy atom. The molecule has 5 heteroatoms. The number of carbonyl (C=O) groups excluding carboxylic acids is 1. The summed E-state index contributed by atoms with van der Waals surface area (Å²) in [5, 5.41) is 0.353. The molecule has 120 valence electrons. The Kier molecular flexibility index (Phi) is 4.94. The van der Waals surface area contributed by atoms with Gasteiger partial charge < -0.3 is 4.90 Å². The summed E-state index contributed by atoms with van der Waals surface area (Å²) in [5.41, 5.74) is 1.91. The molecule has 1 saturated heterocycles. The van der Waals surface area contributed by atoms with E-state index in [1.165, 1.54) is 5.56 Å². The van der Waals surface area contributed by atoms with E-state index in [0.717, 1.165) is 26.2 Å². The molecule has 1 aliphatic rings. The minimum Gasteiger partial charge on any atom is -0.333 e. The Bertz CT molecular complexity index is 677. The molecule has 1 aliphatic heterocycles. The molecule has 3 rings (SSSR count). The minimum atomic E-state index is 0.0289. The van der Waals surface area contributed by atoms with Crippen molar-refractivity contribution in [2.24, 2.45) is 0 Å². The summed E-state index contributed by atoms with van der Waals surface area (Å²) in [7, 11) is 0. The van der Waals surface area contributed by atoms with Gasteiger partial charge in [0.15, 0.2) is 0 Å². The van der Waals surface area contributed by atoms with Crippen molar-refractivity contribution in [3.05, 3.63) is 64.9 Å². The molecule has 0 saturated carbocycles. The predicted molar refractivity (Wildman–Crippen MR) is 91.5 cm³/mol. The standard InChI is InChI=1S/C18H20ClN3O/c1-14-12-21(13-15-5-3-2-4-6-15)9-10-22(14)18(23)16-7-8-20-17(19)11-16/h2-8,11,14H,9-10,12-13H2,1H3. The Morgan fingerprint density at radius 3 is 2.74 bits per heavy atom. The van der Waals surface area contributed by atoms with Crippen molar-refractivity contribution < 1.29 is 4.79 Å². The van der Waals surface area contributed by atoms with Gasteiger partial charge in [-0.1, -0.05) is 41.9 Å². The second-order valence-corrected chi connectivity index (χ2v) is 6.32. The summed E-state index contributed by atoms with van der Waals surface area (Å²) in [6.45, 7) is 5.50. The Hall–Kier alpha value is -1.91. The first-order valence-electron chi connectivity index (χ1n) is 7.82. The van der Waals surface area contributed by atoms with Crippen molar-refractivity contribution in [1.82, 2.24) is 14.8 Å². The van der Waals surface area contributed by atoms with E-state index in [1.807, 2.05) is 11.0 Å². The van der Waals surface area contributed by atoms with Crippen LogP contribution in [-0.4, -0.2) is 46.4 Å². The fraction of sp³-hybridized carbons (Fsp3) is 0.333. The third-order valence-electron chi connectivity index (χ3n) is 4.19. The fourth-order valence-corrected chi connectivity index (χ4v) is 3.20. The molecular weight excluding hydrogens is 310 g/mol. The topological polar surface area (TPSA) is 36.4 Å². The highest BCUT2D eigenvalue weighted by Crippen LogP contribution is 2.17. The van der Waals surface area contributed by atoms with Crippen LogP contribution in [0.3, 0.4) is 0 Å². The van der Waals surface area contributed by atoms with Gasteiger partial charge in [-0.2, -0.15) is 0 Å². The van der Waals surface area contributed by atoms with Crippen molar-refractivity contribution in [2.75, 3.05) is 19.6 Å². The van der Waals surface area contributed by atoms with Crippen LogP contribution in [0.1, 0.15) is 22.8 Å². The monoisotopic (exact) mass is 329 g/mol. The molecule has 0 N–H and O–H groups in total. The molecule has 1 fully saturated rings. The van der Waals surface area contributed by atoms with Crippen LogP contribution in [0.25, 0.3) is 0 Å². The molecule has 1 atom stereocenters. The molecule has 2 heterocycles. The number of hydrogen-bond donors (Lipinski definition) is 0. The summed E-state index contributed by atoms with van der Waals surface area (Å²) in [4.78, 5) is 20.9. The van der Waals surface area contributed by atoms with Gasteiger partial charge in [0.05, 0.1) is 0 Å². The molecule has 1 unspecified atom stereocenters. The first kappa shape index (κ1) is 16.0. The molecule has 0 aliphatic carbocycles. The normalized spacial score (nSPS) is 18.9. The van der Waals surface area contributed by atoms with Gasteiger partial charge in [0.25, 0.3) is 5.91 Å². The molecule has 0 bridgehead atoms. The zero-order chi connectivity index (χ0) is 16.2. The first-order chi connectivity index (χ1) is 11.1. The molecule has 4 nitrogen and oxygen atoms in total. The lowest BCUT2D eigenvalue weighted by Gasteiger charge is -2.40. The van der Waals surface area contributed by atoms with E-state index in [4.69, 9.17) is 11.6 Å². The summed E-state index contributed by atoms with van der Waals surface area (Å²) in [5.74, 6) is 0.0289. The van der Waals surface area contributed by atoms with Gasteiger partial charge in [-0.3, -0.25) is 9.69 Å². The van der Waals surface area contributed by atoms with E-state index in [0.29, 0.717) is 10.7 Å². The van der Waals surface area contributed by atoms with Gasteiger partial charge in [0, 0.05) is 44.0 Å². The van der Waals surface area contributed by atoms with E-state index < -0.39 is 0 Å². The van der Waals surface area contributed by atoms with Crippen LogP contribution in [0, 0.1) is 0 Å². The van der Waals surface area contributed by atoms with Crippen molar-refractivity contribution in [2.45, 2.75) is 19.5 Å². The van der Waals surface area contributed by atoms with Gasteiger partial charge in [-0.15, -0.1) is 0 Å². The number of carbonyl (C=O) groups is 1. The van der Waals surface area contributed by atoms with Gasteiger partial charge in [0.1, 0.15) is 5.15 Å². The van der Waals surface area contributed by atoms with Crippen molar-refractivity contribution in [1.29, 1.82) is 0 Å². The molecule has 23 heavy (non-hydrogen) atoms. The van der Waals surface area contributed by atoms with Crippen LogP contribution in [0.4, 0.5) is 0 Å². The van der Waals surface area contributed by atoms with Crippen molar-refractivity contribution in [3.63, 3.8) is 0 Å². The Labute approximate surface area is 141 Å².